The van der Waals surface area contributed by atoms with E-state index in [-0.39, 0.29) is 35.9 Å². The van der Waals surface area contributed by atoms with Crippen LogP contribution in [0.25, 0.3) is 0 Å². The fourth-order valence-electron chi connectivity index (χ4n) is 6.12. The van der Waals surface area contributed by atoms with Crippen LogP contribution in [0, 0.1) is 23.7 Å². The van der Waals surface area contributed by atoms with Gasteiger partial charge in [0.1, 0.15) is 5.75 Å². The standard InChI is InChI=1S/C25H37NO6/c1-15-8-10-21-17(3)22(12-13-23(27)26-18-6-5-7-19(14-18)29-4)30-24(28)25(21)20(15)11-9-16(2)31-32-25/h5-7,14-17,20-22,24,28H,8-13H2,1-4H3,(H,26,27). The van der Waals surface area contributed by atoms with Crippen molar-refractivity contribution in [3.05, 3.63) is 24.3 Å². The Bertz CT molecular complexity index is 802. The fraction of sp³-hybridized carbons (Fsp3) is 0.720. The van der Waals surface area contributed by atoms with Gasteiger partial charge in [-0.15, -0.1) is 0 Å². The topological polar surface area (TPSA) is 86.3 Å². The number of anilines is 1. The summed E-state index contributed by atoms with van der Waals surface area (Å²) in [6.07, 6.45) is 3.52. The molecule has 2 saturated heterocycles. The molecular weight excluding hydrogens is 410 g/mol. The molecule has 1 saturated carbocycles. The summed E-state index contributed by atoms with van der Waals surface area (Å²) in [5.41, 5.74) is -0.130. The summed E-state index contributed by atoms with van der Waals surface area (Å²) in [6, 6.07) is 7.30. The monoisotopic (exact) mass is 447 g/mol. The second-order valence-corrected chi connectivity index (χ2v) is 9.89. The molecule has 1 aromatic rings. The van der Waals surface area contributed by atoms with Gasteiger partial charge < -0.3 is 19.9 Å². The van der Waals surface area contributed by atoms with Crippen LogP contribution >= 0.6 is 0 Å². The van der Waals surface area contributed by atoms with Gasteiger partial charge in [-0.3, -0.25) is 4.79 Å². The minimum Gasteiger partial charge on any atom is -0.497 e. The maximum absolute atomic E-state index is 12.6. The number of aliphatic hydroxyl groups excluding tert-OH is 1. The van der Waals surface area contributed by atoms with Gasteiger partial charge >= 0.3 is 0 Å². The smallest absolute Gasteiger partial charge is 0.224 e. The van der Waals surface area contributed by atoms with Crippen LogP contribution in [0.3, 0.4) is 0 Å². The molecule has 1 spiro atoms. The summed E-state index contributed by atoms with van der Waals surface area (Å²) in [7, 11) is 1.60. The van der Waals surface area contributed by atoms with Gasteiger partial charge in [0.05, 0.1) is 19.3 Å². The zero-order valence-electron chi connectivity index (χ0n) is 19.6. The van der Waals surface area contributed by atoms with Crippen molar-refractivity contribution in [3.8, 4) is 5.75 Å². The molecule has 178 valence electrons. The van der Waals surface area contributed by atoms with E-state index in [1.54, 1.807) is 13.2 Å². The first kappa shape index (κ1) is 23.5. The van der Waals surface area contributed by atoms with Crippen molar-refractivity contribution in [2.24, 2.45) is 23.7 Å². The third-order valence-electron chi connectivity index (χ3n) is 7.94. The molecule has 3 aliphatic rings. The minimum absolute atomic E-state index is 0.00311. The van der Waals surface area contributed by atoms with Crippen molar-refractivity contribution < 1.29 is 29.1 Å². The number of carbonyl (C=O) groups excluding carboxylic acids is 1. The lowest BCUT2D eigenvalue weighted by Gasteiger charge is -2.57. The Morgan fingerprint density at radius 2 is 1.97 bits per heavy atom. The summed E-state index contributed by atoms with van der Waals surface area (Å²) >= 11 is 0. The third kappa shape index (κ3) is 4.40. The van der Waals surface area contributed by atoms with Crippen LogP contribution in [0.15, 0.2) is 24.3 Å². The first-order chi connectivity index (χ1) is 15.3. The normalized spacial score (nSPS) is 39.3. The van der Waals surface area contributed by atoms with Gasteiger partial charge in [0.2, 0.25) is 5.91 Å². The van der Waals surface area contributed by atoms with Crippen LogP contribution in [0.1, 0.15) is 59.3 Å². The van der Waals surface area contributed by atoms with E-state index in [1.165, 1.54) is 0 Å². The maximum atomic E-state index is 12.6. The Hall–Kier alpha value is -1.67. The Balaban J connectivity index is 1.43. The van der Waals surface area contributed by atoms with Gasteiger partial charge in [-0.05, 0) is 68.9 Å². The fourth-order valence-corrected chi connectivity index (χ4v) is 6.12. The van der Waals surface area contributed by atoms with Crippen molar-refractivity contribution in [1.82, 2.24) is 0 Å². The molecule has 1 amide bonds. The highest BCUT2D eigenvalue weighted by molar-refractivity contribution is 5.90. The van der Waals surface area contributed by atoms with Crippen molar-refractivity contribution in [1.29, 1.82) is 0 Å². The maximum Gasteiger partial charge on any atom is 0.224 e. The Labute approximate surface area is 190 Å². The molecule has 2 heterocycles. The molecule has 32 heavy (non-hydrogen) atoms. The molecule has 3 fully saturated rings. The molecule has 8 unspecified atom stereocenters. The Morgan fingerprint density at radius 1 is 1.19 bits per heavy atom. The SMILES string of the molecule is COc1cccc(NC(=O)CCC2OC(O)C34OOC(C)CCC3C(C)CCC4C2C)c1. The Kier molecular flexibility index (Phi) is 7.10. The molecule has 1 aromatic carbocycles. The zero-order valence-corrected chi connectivity index (χ0v) is 19.6. The van der Waals surface area contributed by atoms with Crippen LogP contribution in [-0.2, 0) is 19.3 Å². The summed E-state index contributed by atoms with van der Waals surface area (Å²) < 4.78 is 11.4. The van der Waals surface area contributed by atoms with Crippen molar-refractivity contribution in [3.63, 3.8) is 0 Å². The van der Waals surface area contributed by atoms with Gasteiger partial charge in [0.25, 0.3) is 0 Å². The molecule has 7 nitrogen and oxygen atoms in total. The summed E-state index contributed by atoms with van der Waals surface area (Å²) in [6.45, 7) is 6.42. The van der Waals surface area contributed by atoms with E-state index in [9.17, 15) is 9.90 Å². The van der Waals surface area contributed by atoms with Gasteiger partial charge in [0.15, 0.2) is 11.9 Å². The predicted molar refractivity (Wildman–Crippen MR) is 120 cm³/mol. The lowest BCUT2D eigenvalue weighted by atomic mass is 9.57. The molecule has 7 heteroatoms. The summed E-state index contributed by atoms with van der Waals surface area (Å²) in [5.74, 6) is 1.53. The number of nitrogens with one attached hydrogen (secondary N) is 1. The average molecular weight is 448 g/mol. The number of amides is 1. The highest BCUT2D eigenvalue weighted by atomic mass is 17.2. The van der Waals surface area contributed by atoms with E-state index in [1.807, 2.05) is 25.1 Å². The number of benzene rings is 1. The van der Waals surface area contributed by atoms with Crippen LogP contribution in [0.5, 0.6) is 5.75 Å². The van der Waals surface area contributed by atoms with Gasteiger partial charge in [-0.2, -0.15) is 0 Å². The number of rotatable bonds is 5. The first-order valence-corrected chi connectivity index (χ1v) is 12.0. The highest BCUT2D eigenvalue weighted by Crippen LogP contribution is 2.56. The van der Waals surface area contributed by atoms with Gasteiger partial charge in [0, 0.05) is 24.1 Å². The number of aliphatic hydroxyl groups is 1. The number of methoxy groups -OCH3 is 1. The lowest BCUT2D eigenvalue weighted by Crippen LogP contribution is -2.67. The van der Waals surface area contributed by atoms with Gasteiger partial charge in [-0.1, -0.05) is 19.9 Å². The van der Waals surface area contributed by atoms with E-state index in [2.05, 4.69) is 19.2 Å². The van der Waals surface area contributed by atoms with Crippen molar-refractivity contribution >= 4 is 11.6 Å². The largest absolute Gasteiger partial charge is 0.497 e. The molecule has 2 N–H and O–H groups in total. The Morgan fingerprint density at radius 3 is 2.75 bits per heavy atom. The van der Waals surface area contributed by atoms with E-state index >= 15 is 0 Å². The molecule has 2 aliphatic heterocycles. The van der Waals surface area contributed by atoms with Crippen molar-refractivity contribution in [2.75, 3.05) is 12.4 Å². The first-order valence-electron chi connectivity index (χ1n) is 12.0. The van der Waals surface area contributed by atoms with E-state index in [4.69, 9.17) is 19.2 Å². The molecule has 1 aliphatic carbocycles. The van der Waals surface area contributed by atoms with E-state index in [0.29, 0.717) is 30.2 Å². The second-order valence-electron chi connectivity index (χ2n) is 9.89. The number of carbonyl (C=O) groups is 1. The molecule has 0 aromatic heterocycles. The van der Waals surface area contributed by atoms with E-state index in [0.717, 1.165) is 25.7 Å². The van der Waals surface area contributed by atoms with Crippen LogP contribution < -0.4 is 10.1 Å². The van der Waals surface area contributed by atoms with E-state index < -0.39 is 11.9 Å². The van der Waals surface area contributed by atoms with Gasteiger partial charge in [-0.25, -0.2) is 9.78 Å². The number of hydrogen-bond acceptors (Lipinski definition) is 6. The molecular formula is C25H37NO6. The summed E-state index contributed by atoms with van der Waals surface area (Å²) in [4.78, 5) is 24.3. The molecule has 0 bridgehead atoms. The lowest BCUT2D eigenvalue weighted by molar-refractivity contribution is -0.460. The van der Waals surface area contributed by atoms with Crippen LogP contribution in [0.2, 0.25) is 0 Å². The third-order valence-corrected chi connectivity index (χ3v) is 7.94. The molecule has 8 atom stereocenters. The van der Waals surface area contributed by atoms with Crippen molar-refractivity contribution in [2.45, 2.75) is 83.4 Å². The minimum atomic E-state index is -1.06. The van der Waals surface area contributed by atoms with Crippen LogP contribution in [-0.4, -0.2) is 42.2 Å². The average Bonchev–Trinajstić information content (AvgIpc) is 2.96. The quantitative estimate of drug-likeness (QED) is 0.655. The molecule has 0 radical (unpaired) electrons. The predicted octanol–water partition coefficient (Wildman–Crippen LogP) is 4.30. The highest BCUT2D eigenvalue weighted by Gasteiger charge is 2.63. The number of ether oxygens (including phenoxy) is 2. The molecule has 4 rings (SSSR count). The van der Waals surface area contributed by atoms with Crippen LogP contribution in [0.4, 0.5) is 5.69 Å². The number of hydrogen-bond donors (Lipinski definition) is 2. The zero-order chi connectivity index (χ0) is 22.9. The second kappa shape index (κ2) is 9.67. The summed E-state index contributed by atoms with van der Waals surface area (Å²) in [5, 5.41) is 14.1.